The lowest BCUT2D eigenvalue weighted by Crippen LogP contribution is -2.48. The first-order valence-electron chi connectivity index (χ1n) is 10.2. The topological polar surface area (TPSA) is 108 Å². The van der Waals surface area contributed by atoms with Crippen LogP contribution in [0.4, 0.5) is 8.78 Å². The first kappa shape index (κ1) is 22.6. The van der Waals surface area contributed by atoms with Crippen LogP contribution in [0, 0.1) is 18.6 Å². The third-order valence-electron chi connectivity index (χ3n) is 5.69. The molecule has 0 spiro atoms. The summed E-state index contributed by atoms with van der Waals surface area (Å²) in [6.45, 7) is 0.810. The lowest BCUT2D eigenvalue weighted by Gasteiger charge is -2.35. The van der Waals surface area contributed by atoms with Gasteiger partial charge in [0.1, 0.15) is 29.1 Å². The van der Waals surface area contributed by atoms with Gasteiger partial charge in [0.25, 0.3) is 5.91 Å². The molecule has 4 rings (SSSR count). The van der Waals surface area contributed by atoms with Gasteiger partial charge in [-0.05, 0) is 54.0 Å². The molecule has 2 aromatic rings. The predicted molar refractivity (Wildman–Crippen MR) is 116 cm³/mol. The van der Waals surface area contributed by atoms with Crippen molar-refractivity contribution in [3.63, 3.8) is 0 Å². The molecule has 0 saturated heterocycles. The van der Waals surface area contributed by atoms with Crippen LogP contribution in [0.3, 0.4) is 0 Å². The van der Waals surface area contributed by atoms with Crippen molar-refractivity contribution in [2.75, 3.05) is 13.2 Å². The minimum atomic E-state index is -1.37. The molecule has 4 N–H and O–H groups in total. The number of carbonyl (C=O) groups excluding carboxylic acids is 2. The van der Waals surface area contributed by atoms with Crippen LogP contribution >= 0.6 is 0 Å². The molecular weight excluding hydrogens is 434 g/mol. The lowest BCUT2D eigenvalue weighted by molar-refractivity contribution is -0.0403. The highest BCUT2D eigenvalue weighted by Gasteiger charge is 2.40. The van der Waals surface area contributed by atoms with E-state index >= 15 is 0 Å². The number of aryl methyl sites for hydroxylation is 1. The number of fused-ring (bicyclic) bond motifs is 1. The molecular formula is C24H22F2N2O5. The SMILES string of the molecule is Cc1cc2c(cc1C1=CNC(NC(=O)c3c(F)cccc3F)C=C1)OC(CO)(CO)CC2=O. The Morgan fingerprint density at radius 2 is 1.91 bits per heavy atom. The molecule has 172 valence electrons. The summed E-state index contributed by atoms with van der Waals surface area (Å²) in [6, 6.07) is 6.54. The number of benzene rings is 2. The Morgan fingerprint density at radius 3 is 2.52 bits per heavy atom. The number of aliphatic hydroxyl groups is 2. The van der Waals surface area contributed by atoms with Gasteiger partial charge < -0.3 is 25.6 Å². The molecule has 7 nitrogen and oxygen atoms in total. The second kappa shape index (κ2) is 8.76. The average molecular weight is 456 g/mol. The highest BCUT2D eigenvalue weighted by atomic mass is 19.1. The molecule has 0 fully saturated rings. The number of ketones is 1. The summed E-state index contributed by atoms with van der Waals surface area (Å²) in [5.41, 5.74) is 0.563. The summed E-state index contributed by atoms with van der Waals surface area (Å²) in [4.78, 5) is 24.8. The van der Waals surface area contributed by atoms with E-state index in [1.54, 1.807) is 30.5 Å². The molecule has 2 heterocycles. The van der Waals surface area contributed by atoms with Crippen LogP contribution < -0.4 is 15.4 Å². The maximum Gasteiger partial charge on any atom is 0.259 e. The summed E-state index contributed by atoms with van der Waals surface area (Å²) < 4.78 is 33.5. The zero-order chi connectivity index (χ0) is 23.8. The second-order valence-electron chi connectivity index (χ2n) is 8.04. The average Bonchev–Trinajstić information content (AvgIpc) is 2.79. The predicted octanol–water partition coefficient (Wildman–Crippen LogP) is 2.22. The fourth-order valence-electron chi connectivity index (χ4n) is 3.85. The number of hydrogen-bond donors (Lipinski definition) is 4. The minimum Gasteiger partial charge on any atom is -0.481 e. The number of carbonyl (C=O) groups is 2. The highest BCUT2D eigenvalue weighted by Crippen LogP contribution is 2.37. The van der Waals surface area contributed by atoms with Crippen LogP contribution in [0.5, 0.6) is 5.75 Å². The number of aliphatic hydroxyl groups excluding tert-OH is 2. The number of halogens is 2. The summed E-state index contributed by atoms with van der Waals surface area (Å²) in [5.74, 6) is -2.78. The van der Waals surface area contributed by atoms with E-state index in [4.69, 9.17) is 4.74 Å². The molecule has 9 heteroatoms. The number of nitrogens with one attached hydrogen (secondary N) is 2. The van der Waals surface area contributed by atoms with E-state index < -0.39 is 48.1 Å². The summed E-state index contributed by atoms with van der Waals surface area (Å²) in [7, 11) is 0. The first-order valence-corrected chi connectivity index (χ1v) is 10.2. The van der Waals surface area contributed by atoms with Gasteiger partial charge in [-0.25, -0.2) is 8.78 Å². The van der Waals surface area contributed by atoms with Crippen LogP contribution in [-0.2, 0) is 0 Å². The zero-order valence-electron chi connectivity index (χ0n) is 17.7. The van der Waals surface area contributed by atoms with Crippen LogP contribution in [0.15, 0.2) is 48.7 Å². The van der Waals surface area contributed by atoms with E-state index in [0.717, 1.165) is 23.3 Å². The van der Waals surface area contributed by atoms with Crippen LogP contribution in [0.1, 0.15) is 38.3 Å². The quantitative estimate of drug-likeness (QED) is 0.550. The van der Waals surface area contributed by atoms with Crippen LogP contribution in [-0.4, -0.2) is 46.9 Å². The van der Waals surface area contributed by atoms with E-state index in [1.165, 1.54) is 6.07 Å². The molecule has 33 heavy (non-hydrogen) atoms. The van der Waals surface area contributed by atoms with Crippen molar-refractivity contribution in [1.29, 1.82) is 0 Å². The molecule has 2 aromatic carbocycles. The molecule has 0 aliphatic carbocycles. The van der Waals surface area contributed by atoms with E-state index in [-0.39, 0.29) is 18.0 Å². The number of Topliss-reactive ketones (excluding diaryl/α,β-unsaturated/α-hetero) is 1. The number of rotatable bonds is 5. The third kappa shape index (κ3) is 4.24. The number of allylic oxidation sites excluding steroid dienone is 2. The van der Waals surface area contributed by atoms with Gasteiger partial charge in [0.05, 0.1) is 25.2 Å². The maximum absolute atomic E-state index is 13.8. The van der Waals surface area contributed by atoms with Crippen molar-refractivity contribution >= 4 is 17.3 Å². The molecule has 0 saturated carbocycles. The number of hydrogen-bond acceptors (Lipinski definition) is 6. The summed E-state index contributed by atoms with van der Waals surface area (Å²) >= 11 is 0. The van der Waals surface area contributed by atoms with E-state index in [1.807, 2.05) is 6.92 Å². The smallest absolute Gasteiger partial charge is 0.259 e. The Labute approximate surface area is 188 Å². The minimum absolute atomic E-state index is 0.125. The van der Waals surface area contributed by atoms with Crippen molar-refractivity contribution in [3.05, 3.63) is 82.6 Å². The van der Waals surface area contributed by atoms with Gasteiger partial charge in [0.15, 0.2) is 11.4 Å². The number of dihydropyridines is 1. The van der Waals surface area contributed by atoms with E-state index in [2.05, 4.69) is 10.6 Å². The van der Waals surface area contributed by atoms with Gasteiger partial charge in [0.2, 0.25) is 0 Å². The number of ether oxygens (including phenoxy) is 1. The lowest BCUT2D eigenvalue weighted by atomic mass is 9.88. The normalized spacial score (nSPS) is 18.6. The summed E-state index contributed by atoms with van der Waals surface area (Å²) in [6.07, 6.45) is 4.12. The van der Waals surface area contributed by atoms with Crippen molar-refractivity contribution in [3.8, 4) is 5.75 Å². The largest absolute Gasteiger partial charge is 0.481 e. The first-order chi connectivity index (χ1) is 15.8. The fraction of sp³-hybridized carbons (Fsp3) is 0.250. The van der Waals surface area contributed by atoms with Crippen molar-refractivity contribution in [2.45, 2.75) is 25.1 Å². The standard InChI is InChI=1S/C24H22F2N2O5/c1-13-7-16-19(31)9-24(11-29,12-30)33-20(16)8-15(13)14-5-6-21(27-10-14)28-23(32)22-17(25)3-2-4-18(22)26/h2-8,10,21,27,29-30H,9,11-12H2,1H3,(H,28,32). The zero-order valence-corrected chi connectivity index (χ0v) is 17.7. The monoisotopic (exact) mass is 456 g/mol. The van der Waals surface area contributed by atoms with Gasteiger partial charge in [-0.3, -0.25) is 9.59 Å². The van der Waals surface area contributed by atoms with E-state index in [9.17, 15) is 28.6 Å². The molecule has 2 aliphatic rings. The van der Waals surface area contributed by atoms with Gasteiger partial charge in [-0.1, -0.05) is 12.1 Å². The Bertz CT molecular complexity index is 1170. The fourth-order valence-corrected chi connectivity index (χ4v) is 3.85. The molecule has 1 unspecified atom stereocenters. The Hall–Kier alpha value is -3.56. The molecule has 1 amide bonds. The van der Waals surface area contributed by atoms with Gasteiger partial charge in [0, 0.05) is 6.20 Å². The van der Waals surface area contributed by atoms with Crippen LogP contribution in [0.25, 0.3) is 5.57 Å². The van der Waals surface area contributed by atoms with Crippen LogP contribution in [0.2, 0.25) is 0 Å². The van der Waals surface area contributed by atoms with Crippen molar-refractivity contribution in [2.24, 2.45) is 0 Å². The molecule has 1 atom stereocenters. The maximum atomic E-state index is 13.8. The third-order valence-corrected chi connectivity index (χ3v) is 5.69. The van der Waals surface area contributed by atoms with Gasteiger partial charge in [-0.15, -0.1) is 0 Å². The molecule has 0 aromatic heterocycles. The van der Waals surface area contributed by atoms with Gasteiger partial charge >= 0.3 is 0 Å². The molecule has 0 radical (unpaired) electrons. The second-order valence-corrected chi connectivity index (χ2v) is 8.04. The highest BCUT2D eigenvalue weighted by molar-refractivity contribution is 6.01. The van der Waals surface area contributed by atoms with E-state index in [0.29, 0.717) is 11.1 Å². The Balaban J connectivity index is 1.53. The Morgan fingerprint density at radius 1 is 1.21 bits per heavy atom. The Kier molecular flexibility index (Phi) is 6.01. The van der Waals surface area contributed by atoms with Gasteiger partial charge in [-0.2, -0.15) is 0 Å². The molecule has 2 aliphatic heterocycles. The number of amides is 1. The summed E-state index contributed by atoms with van der Waals surface area (Å²) in [5, 5.41) is 24.7. The van der Waals surface area contributed by atoms with Crippen molar-refractivity contribution in [1.82, 2.24) is 10.6 Å². The molecule has 0 bridgehead atoms. The van der Waals surface area contributed by atoms with Crippen molar-refractivity contribution < 1.29 is 33.3 Å².